The van der Waals surface area contributed by atoms with Gasteiger partial charge in [0, 0.05) is 24.2 Å². The van der Waals surface area contributed by atoms with Crippen LogP contribution in [0.4, 0.5) is 0 Å². The van der Waals surface area contributed by atoms with Gasteiger partial charge >= 0.3 is 5.97 Å². The molecule has 3 heterocycles. The lowest BCUT2D eigenvalue weighted by atomic mass is 9.75. The minimum absolute atomic E-state index is 0.0967. The van der Waals surface area contributed by atoms with E-state index in [0.717, 1.165) is 10.5 Å². The van der Waals surface area contributed by atoms with E-state index in [9.17, 15) is 19.2 Å². The van der Waals surface area contributed by atoms with Gasteiger partial charge in [0.15, 0.2) is 5.54 Å². The van der Waals surface area contributed by atoms with E-state index in [1.54, 1.807) is 44.5 Å². The van der Waals surface area contributed by atoms with Crippen molar-refractivity contribution in [3.63, 3.8) is 0 Å². The summed E-state index contributed by atoms with van der Waals surface area (Å²) in [5.74, 6) is -4.12. The maximum Gasteiger partial charge on any atom is 0.333 e. The van der Waals surface area contributed by atoms with Crippen LogP contribution in [0.3, 0.4) is 0 Å². The van der Waals surface area contributed by atoms with Gasteiger partial charge in [0.1, 0.15) is 10.6 Å². The van der Waals surface area contributed by atoms with Crippen LogP contribution in [0.5, 0.6) is 0 Å². The Balaban J connectivity index is 2.00. The highest BCUT2D eigenvalue weighted by atomic mass is 32.1. The summed E-state index contributed by atoms with van der Waals surface area (Å²) in [5.41, 5.74) is -1.26. The van der Waals surface area contributed by atoms with Crippen molar-refractivity contribution < 1.29 is 23.9 Å². The SMILES string of the molecule is CC(C)C[C@@]1(C(=O)OC(C)(C)C)C2C(=O)N(C)C(=O)[C@@H]2[C@H](c2nccs2)N1C(=O)c1ccc(C(C)(C)C)cc1. The predicted octanol–water partition coefficient (Wildman–Crippen LogP) is 5.00. The van der Waals surface area contributed by atoms with Crippen molar-refractivity contribution >= 4 is 35.0 Å². The third-order valence-corrected chi connectivity index (χ3v) is 8.37. The van der Waals surface area contributed by atoms with Crippen molar-refractivity contribution in [2.24, 2.45) is 17.8 Å². The third kappa shape index (κ3) is 4.90. The number of imide groups is 1. The summed E-state index contributed by atoms with van der Waals surface area (Å²) in [4.78, 5) is 63.4. The third-order valence-electron chi connectivity index (χ3n) is 7.53. The Morgan fingerprint density at radius 1 is 1.05 bits per heavy atom. The fraction of sp³-hybridized carbons (Fsp3) is 0.567. The largest absolute Gasteiger partial charge is 0.458 e. The Labute approximate surface area is 234 Å². The van der Waals surface area contributed by atoms with Crippen molar-refractivity contribution in [3.8, 4) is 0 Å². The van der Waals surface area contributed by atoms with Crippen molar-refractivity contribution in [2.45, 2.75) is 84.4 Å². The van der Waals surface area contributed by atoms with E-state index in [0.29, 0.717) is 10.6 Å². The van der Waals surface area contributed by atoms with Gasteiger partial charge in [0.2, 0.25) is 11.8 Å². The Kier molecular flexibility index (Phi) is 7.30. The van der Waals surface area contributed by atoms with Crippen molar-refractivity contribution in [1.82, 2.24) is 14.8 Å². The van der Waals surface area contributed by atoms with Crippen LogP contribution in [0.1, 0.15) is 88.8 Å². The molecular weight excluding hydrogens is 514 g/mol. The first-order valence-electron chi connectivity index (χ1n) is 13.4. The van der Waals surface area contributed by atoms with E-state index in [-0.39, 0.29) is 17.8 Å². The molecule has 0 spiro atoms. The molecule has 2 aromatic rings. The van der Waals surface area contributed by atoms with Crippen LogP contribution >= 0.6 is 11.3 Å². The number of fused-ring (bicyclic) bond motifs is 1. The number of amides is 3. The molecule has 4 rings (SSSR count). The smallest absolute Gasteiger partial charge is 0.333 e. The normalized spacial score (nSPS) is 25.4. The quantitative estimate of drug-likeness (QED) is 0.382. The van der Waals surface area contributed by atoms with Gasteiger partial charge in [-0.1, -0.05) is 46.8 Å². The summed E-state index contributed by atoms with van der Waals surface area (Å²) in [6.07, 6.45) is 1.76. The van der Waals surface area contributed by atoms with Crippen LogP contribution in [-0.4, -0.2) is 56.7 Å². The molecule has 2 aliphatic heterocycles. The fourth-order valence-corrected chi connectivity index (χ4v) is 6.72. The molecule has 39 heavy (non-hydrogen) atoms. The molecule has 0 saturated carbocycles. The summed E-state index contributed by atoms with van der Waals surface area (Å²) in [5, 5.41) is 2.28. The summed E-state index contributed by atoms with van der Waals surface area (Å²) in [6, 6.07) is 6.42. The standard InChI is InChI=1S/C30H39N3O5S/c1-17(2)16-30(27(37)38-29(6,7)8)21-20(25(35)32(9)26(21)36)22(23-31-14-15-39-23)33(30)24(34)18-10-12-19(13-11-18)28(3,4)5/h10-15,17,20-22H,16H2,1-9H3/t20-,21?,22+,30-/m0/s1. The average Bonchev–Trinajstić information content (AvgIpc) is 3.50. The number of rotatable bonds is 5. The number of nitrogens with zero attached hydrogens (tertiary/aromatic N) is 3. The van der Waals surface area contributed by atoms with E-state index in [4.69, 9.17) is 4.74 Å². The van der Waals surface area contributed by atoms with Gasteiger partial charge in [-0.2, -0.15) is 0 Å². The number of thiazole rings is 1. The molecule has 2 aliphatic rings. The summed E-state index contributed by atoms with van der Waals surface area (Å²) < 4.78 is 5.97. The monoisotopic (exact) mass is 553 g/mol. The van der Waals surface area contributed by atoms with Gasteiger partial charge in [-0.3, -0.25) is 19.3 Å². The Morgan fingerprint density at radius 3 is 2.15 bits per heavy atom. The van der Waals surface area contributed by atoms with Crippen molar-refractivity contribution in [3.05, 3.63) is 52.0 Å². The van der Waals surface area contributed by atoms with E-state index in [2.05, 4.69) is 25.8 Å². The topological polar surface area (TPSA) is 96.9 Å². The number of hydrogen-bond acceptors (Lipinski definition) is 7. The summed E-state index contributed by atoms with van der Waals surface area (Å²) in [7, 11) is 1.44. The number of ether oxygens (including phenoxy) is 1. The van der Waals surface area contributed by atoms with E-state index in [1.165, 1.54) is 23.3 Å². The molecule has 1 unspecified atom stereocenters. The molecule has 2 fully saturated rings. The second-order valence-corrected chi connectivity index (χ2v) is 14.0. The molecule has 9 heteroatoms. The van der Waals surface area contributed by atoms with Gasteiger partial charge in [-0.25, -0.2) is 9.78 Å². The molecule has 3 amide bonds. The summed E-state index contributed by atoms with van der Waals surface area (Å²) >= 11 is 1.30. The predicted molar refractivity (Wildman–Crippen MR) is 149 cm³/mol. The van der Waals surface area contributed by atoms with E-state index >= 15 is 0 Å². The number of benzene rings is 1. The first kappa shape index (κ1) is 28.9. The average molecular weight is 554 g/mol. The zero-order chi connectivity index (χ0) is 29.1. The van der Waals surface area contributed by atoms with Crippen LogP contribution < -0.4 is 0 Å². The van der Waals surface area contributed by atoms with Gasteiger partial charge in [-0.15, -0.1) is 11.3 Å². The second kappa shape index (κ2) is 9.84. The van der Waals surface area contributed by atoms with E-state index < -0.39 is 52.7 Å². The van der Waals surface area contributed by atoms with Crippen LogP contribution in [0.25, 0.3) is 0 Å². The molecule has 4 atom stereocenters. The lowest BCUT2D eigenvalue weighted by molar-refractivity contribution is -0.173. The van der Waals surface area contributed by atoms with Crippen LogP contribution in [-0.2, 0) is 24.5 Å². The lowest BCUT2D eigenvalue weighted by Gasteiger charge is -2.43. The van der Waals surface area contributed by atoms with Crippen molar-refractivity contribution in [2.75, 3.05) is 7.05 Å². The van der Waals surface area contributed by atoms with Crippen LogP contribution in [0, 0.1) is 17.8 Å². The van der Waals surface area contributed by atoms with Crippen LogP contribution in [0.15, 0.2) is 35.8 Å². The maximum absolute atomic E-state index is 14.6. The van der Waals surface area contributed by atoms with Gasteiger partial charge in [0.25, 0.3) is 5.91 Å². The maximum atomic E-state index is 14.6. The zero-order valence-corrected chi connectivity index (χ0v) is 25.1. The number of aromatic nitrogens is 1. The number of hydrogen-bond donors (Lipinski definition) is 0. The molecule has 2 saturated heterocycles. The molecule has 0 bridgehead atoms. The number of likely N-dealkylation sites (tertiary alicyclic amines) is 2. The molecule has 0 N–H and O–H groups in total. The van der Waals surface area contributed by atoms with Gasteiger partial charge < -0.3 is 9.64 Å². The molecule has 8 nitrogen and oxygen atoms in total. The molecule has 0 radical (unpaired) electrons. The molecule has 0 aliphatic carbocycles. The fourth-order valence-electron chi connectivity index (χ4n) is 5.94. The van der Waals surface area contributed by atoms with Gasteiger partial charge in [-0.05, 0) is 56.2 Å². The first-order valence-corrected chi connectivity index (χ1v) is 14.3. The highest BCUT2D eigenvalue weighted by Gasteiger charge is 2.74. The minimum atomic E-state index is -1.69. The Bertz CT molecular complexity index is 1270. The lowest BCUT2D eigenvalue weighted by Crippen LogP contribution is -2.61. The number of carbonyl (C=O) groups is 4. The second-order valence-electron chi connectivity index (χ2n) is 13.1. The molecule has 210 valence electrons. The Morgan fingerprint density at radius 2 is 1.67 bits per heavy atom. The highest BCUT2D eigenvalue weighted by Crippen LogP contribution is 2.58. The van der Waals surface area contributed by atoms with Crippen molar-refractivity contribution in [1.29, 1.82) is 0 Å². The molecule has 1 aromatic carbocycles. The molecular formula is C30H39N3O5S. The number of esters is 1. The van der Waals surface area contributed by atoms with Gasteiger partial charge in [0.05, 0.1) is 17.9 Å². The zero-order valence-electron chi connectivity index (χ0n) is 24.3. The van der Waals surface area contributed by atoms with E-state index in [1.807, 2.05) is 26.0 Å². The Hall–Kier alpha value is -3.07. The number of carbonyl (C=O) groups excluding carboxylic acids is 4. The van der Waals surface area contributed by atoms with Crippen LogP contribution in [0.2, 0.25) is 0 Å². The highest BCUT2D eigenvalue weighted by molar-refractivity contribution is 7.09. The minimum Gasteiger partial charge on any atom is -0.458 e. The summed E-state index contributed by atoms with van der Waals surface area (Å²) in [6.45, 7) is 15.4. The molecule has 1 aromatic heterocycles. The first-order chi connectivity index (χ1) is 18.0.